The van der Waals surface area contributed by atoms with Crippen LogP contribution in [0, 0.1) is 34.4 Å². The molecule has 0 saturated carbocycles. The van der Waals surface area contributed by atoms with Crippen molar-refractivity contribution >= 4 is 0 Å². The molecule has 1 aliphatic heterocycles. The van der Waals surface area contributed by atoms with Gasteiger partial charge in [0.1, 0.15) is 5.82 Å². The number of nitriles is 2. The average molecular weight is 271 g/mol. The van der Waals surface area contributed by atoms with E-state index in [1.54, 1.807) is 0 Å². The topological polar surface area (TPSA) is 50.8 Å². The number of nitrogens with zero attached hydrogens (tertiary/aromatic N) is 3. The van der Waals surface area contributed by atoms with E-state index in [9.17, 15) is 4.39 Å². The highest BCUT2D eigenvalue weighted by molar-refractivity contribution is 5.22. The fourth-order valence-electron chi connectivity index (χ4n) is 2.75. The fourth-order valence-corrected chi connectivity index (χ4v) is 2.75. The van der Waals surface area contributed by atoms with Crippen molar-refractivity contribution in [1.29, 1.82) is 10.5 Å². The van der Waals surface area contributed by atoms with E-state index in [1.807, 2.05) is 12.1 Å². The second-order valence-electron chi connectivity index (χ2n) is 5.32. The molecule has 3 nitrogen and oxygen atoms in total. The molecule has 0 amide bonds. The molecule has 104 valence electrons. The molecule has 4 heteroatoms. The van der Waals surface area contributed by atoms with E-state index in [0.717, 1.165) is 26.1 Å². The SMILES string of the molecule is N#CCC[C@@H](C#N)CN1CC[C@H](c2ccc(F)cc2)C1. The highest BCUT2D eigenvalue weighted by atomic mass is 19.1. The Balaban J connectivity index is 1.87. The molecule has 0 aromatic heterocycles. The Labute approximate surface area is 119 Å². The number of hydrogen-bond donors (Lipinski definition) is 0. The maximum absolute atomic E-state index is 12.9. The number of benzene rings is 1. The highest BCUT2D eigenvalue weighted by Gasteiger charge is 2.25. The summed E-state index contributed by atoms with van der Waals surface area (Å²) < 4.78 is 12.9. The third-order valence-electron chi connectivity index (χ3n) is 3.88. The Kier molecular flexibility index (Phi) is 5.09. The Hall–Kier alpha value is -1.91. The van der Waals surface area contributed by atoms with Gasteiger partial charge < -0.3 is 4.90 Å². The molecule has 1 fully saturated rings. The average Bonchev–Trinajstić information content (AvgIpc) is 2.92. The Morgan fingerprint density at radius 1 is 1.30 bits per heavy atom. The fraction of sp³-hybridized carbons (Fsp3) is 0.500. The molecule has 0 unspecified atom stereocenters. The van der Waals surface area contributed by atoms with Crippen molar-refractivity contribution in [3.63, 3.8) is 0 Å². The molecule has 0 radical (unpaired) electrons. The first kappa shape index (κ1) is 14.5. The molecule has 2 atom stereocenters. The first-order chi connectivity index (χ1) is 9.72. The van der Waals surface area contributed by atoms with E-state index in [4.69, 9.17) is 10.5 Å². The normalized spacial score (nSPS) is 20.2. The van der Waals surface area contributed by atoms with Gasteiger partial charge in [-0.3, -0.25) is 0 Å². The number of likely N-dealkylation sites (tertiary alicyclic amines) is 1. The van der Waals surface area contributed by atoms with Gasteiger partial charge in [0.05, 0.1) is 18.1 Å². The van der Waals surface area contributed by atoms with Crippen LogP contribution in [0.5, 0.6) is 0 Å². The first-order valence-electron chi connectivity index (χ1n) is 6.97. The standard InChI is InChI=1S/C16H18FN3/c17-16-5-3-14(4-6-16)15-7-9-20(12-15)11-13(10-19)2-1-8-18/h3-6,13,15H,1-2,7,9,11-12H2/t13-,15-/m0/s1. The van der Waals surface area contributed by atoms with Crippen molar-refractivity contribution in [3.05, 3.63) is 35.6 Å². The van der Waals surface area contributed by atoms with Crippen molar-refractivity contribution < 1.29 is 4.39 Å². The predicted molar refractivity (Wildman–Crippen MR) is 74.1 cm³/mol. The van der Waals surface area contributed by atoms with E-state index < -0.39 is 0 Å². The van der Waals surface area contributed by atoms with Gasteiger partial charge in [0, 0.05) is 19.5 Å². The number of halogens is 1. The Morgan fingerprint density at radius 2 is 2.05 bits per heavy atom. The van der Waals surface area contributed by atoms with Gasteiger partial charge in [-0.1, -0.05) is 12.1 Å². The lowest BCUT2D eigenvalue weighted by molar-refractivity contribution is 0.296. The van der Waals surface area contributed by atoms with Gasteiger partial charge in [0.15, 0.2) is 0 Å². The van der Waals surface area contributed by atoms with Crippen molar-refractivity contribution in [2.75, 3.05) is 19.6 Å². The molecule has 1 aromatic rings. The van der Waals surface area contributed by atoms with Crippen LogP contribution in [0.15, 0.2) is 24.3 Å². The summed E-state index contributed by atoms with van der Waals surface area (Å²) in [5, 5.41) is 17.7. The third-order valence-corrected chi connectivity index (χ3v) is 3.88. The summed E-state index contributed by atoms with van der Waals surface area (Å²) in [6.45, 7) is 2.61. The highest BCUT2D eigenvalue weighted by Crippen LogP contribution is 2.28. The summed E-state index contributed by atoms with van der Waals surface area (Å²) in [6, 6.07) is 11.1. The van der Waals surface area contributed by atoms with E-state index in [-0.39, 0.29) is 11.7 Å². The van der Waals surface area contributed by atoms with Crippen LogP contribution < -0.4 is 0 Å². The summed E-state index contributed by atoms with van der Waals surface area (Å²) >= 11 is 0. The largest absolute Gasteiger partial charge is 0.301 e. The van der Waals surface area contributed by atoms with Crippen LogP contribution in [0.2, 0.25) is 0 Å². The number of hydrogen-bond acceptors (Lipinski definition) is 3. The van der Waals surface area contributed by atoms with Crippen molar-refractivity contribution in [2.24, 2.45) is 5.92 Å². The third kappa shape index (κ3) is 3.79. The summed E-state index contributed by atoms with van der Waals surface area (Å²) in [6.07, 6.45) is 2.13. The maximum atomic E-state index is 12.9. The second kappa shape index (κ2) is 7.03. The smallest absolute Gasteiger partial charge is 0.123 e. The minimum atomic E-state index is -0.204. The molecule has 0 aliphatic carbocycles. The van der Waals surface area contributed by atoms with E-state index >= 15 is 0 Å². The van der Waals surface area contributed by atoms with Gasteiger partial charge in [-0.25, -0.2) is 4.39 Å². The molecule has 0 bridgehead atoms. The van der Waals surface area contributed by atoms with Gasteiger partial charge in [-0.05, 0) is 43.0 Å². The van der Waals surface area contributed by atoms with E-state index in [0.29, 0.717) is 18.8 Å². The van der Waals surface area contributed by atoms with Crippen LogP contribution >= 0.6 is 0 Å². The lowest BCUT2D eigenvalue weighted by Crippen LogP contribution is -2.26. The van der Waals surface area contributed by atoms with Crippen molar-refractivity contribution in [2.45, 2.75) is 25.2 Å². The lowest BCUT2D eigenvalue weighted by Gasteiger charge is -2.18. The molecule has 0 N–H and O–H groups in total. The quantitative estimate of drug-likeness (QED) is 0.827. The van der Waals surface area contributed by atoms with Gasteiger partial charge in [-0.2, -0.15) is 10.5 Å². The van der Waals surface area contributed by atoms with E-state index in [2.05, 4.69) is 17.0 Å². The predicted octanol–water partition coefficient (Wildman–Crippen LogP) is 3.06. The minimum Gasteiger partial charge on any atom is -0.301 e. The van der Waals surface area contributed by atoms with Gasteiger partial charge in [0.2, 0.25) is 0 Å². The lowest BCUT2D eigenvalue weighted by atomic mass is 9.98. The molecule has 1 aliphatic rings. The zero-order valence-electron chi connectivity index (χ0n) is 11.4. The molecule has 1 saturated heterocycles. The van der Waals surface area contributed by atoms with E-state index in [1.165, 1.54) is 17.7 Å². The van der Waals surface area contributed by atoms with Gasteiger partial charge in [0.25, 0.3) is 0 Å². The summed E-state index contributed by atoms with van der Waals surface area (Å²) in [4.78, 5) is 2.28. The van der Waals surface area contributed by atoms with Crippen molar-refractivity contribution in [1.82, 2.24) is 4.90 Å². The summed E-state index contributed by atoms with van der Waals surface area (Å²) in [7, 11) is 0. The van der Waals surface area contributed by atoms with Crippen LogP contribution in [0.1, 0.15) is 30.7 Å². The molecule has 0 spiro atoms. The molecule has 1 heterocycles. The van der Waals surface area contributed by atoms with Crippen LogP contribution in [0.25, 0.3) is 0 Å². The molecule has 2 rings (SSSR count). The maximum Gasteiger partial charge on any atom is 0.123 e. The summed E-state index contributed by atoms with van der Waals surface area (Å²) in [5.41, 5.74) is 1.17. The zero-order chi connectivity index (χ0) is 14.4. The monoisotopic (exact) mass is 271 g/mol. The molecular weight excluding hydrogens is 253 g/mol. The second-order valence-corrected chi connectivity index (χ2v) is 5.32. The van der Waals surface area contributed by atoms with Crippen molar-refractivity contribution in [3.8, 4) is 12.1 Å². The van der Waals surface area contributed by atoms with Gasteiger partial charge in [-0.15, -0.1) is 0 Å². The van der Waals surface area contributed by atoms with Crippen LogP contribution in [0.4, 0.5) is 4.39 Å². The van der Waals surface area contributed by atoms with Crippen LogP contribution in [-0.4, -0.2) is 24.5 Å². The Bertz CT molecular complexity index is 512. The Morgan fingerprint density at radius 3 is 2.70 bits per heavy atom. The first-order valence-corrected chi connectivity index (χ1v) is 6.97. The minimum absolute atomic E-state index is 0.0679. The van der Waals surface area contributed by atoms with Crippen LogP contribution in [0.3, 0.4) is 0 Å². The molecule has 20 heavy (non-hydrogen) atoms. The summed E-state index contributed by atoms with van der Waals surface area (Å²) in [5.74, 6) is 0.150. The molecular formula is C16H18FN3. The zero-order valence-corrected chi connectivity index (χ0v) is 11.4. The van der Waals surface area contributed by atoms with Crippen LogP contribution in [-0.2, 0) is 0 Å². The molecule has 1 aromatic carbocycles. The number of rotatable bonds is 5. The van der Waals surface area contributed by atoms with Gasteiger partial charge >= 0.3 is 0 Å².